The van der Waals surface area contributed by atoms with Crippen LogP contribution in [-0.4, -0.2) is 27.8 Å². The standard InChI is InChI=1S/C20H19ClN6OS/c1-11-6-12(21)8-13(7-11)24-17(28)10-29-20-26-18(25-19(22)27-20)15-9-23-16-5-3-2-4-14(15)16/h2-9,18,23H,10H2,1H3,(H,24,28)(H3,22,25,26,27)/t18-/m1/s1. The molecule has 0 saturated heterocycles. The number of amidine groups is 1. The fourth-order valence-corrected chi connectivity index (χ4v) is 4.09. The predicted molar refractivity (Wildman–Crippen MR) is 121 cm³/mol. The van der Waals surface area contributed by atoms with Crippen LogP contribution >= 0.6 is 23.4 Å². The first-order valence-corrected chi connectivity index (χ1v) is 10.3. The van der Waals surface area contributed by atoms with Gasteiger partial charge in [-0.3, -0.25) is 4.79 Å². The van der Waals surface area contributed by atoms with Crippen molar-refractivity contribution in [2.75, 3.05) is 11.1 Å². The fourth-order valence-electron chi connectivity index (χ4n) is 3.11. The number of H-pyrrole nitrogens is 1. The van der Waals surface area contributed by atoms with Gasteiger partial charge in [0.2, 0.25) is 5.91 Å². The van der Waals surface area contributed by atoms with Crippen LogP contribution in [0.25, 0.3) is 10.9 Å². The maximum Gasteiger partial charge on any atom is 0.234 e. The van der Waals surface area contributed by atoms with Crippen molar-refractivity contribution in [2.45, 2.75) is 13.1 Å². The predicted octanol–water partition coefficient (Wildman–Crippen LogP) is 3.77. The lowest BCUT2D eigenvalue weighted by Gasteiger charge is -2.18. The Morgan fingerprint density at radius 1 is 1.28 bits per heavy atom. The number of aromatic amines is 1. The molecular formula is C20H19ClN6OS. The Hall–Kier alpha value is -2.97. The molecule has 2 heterocycles. The second-order valence-electron chi connectivity index (χ2n) is 6.59. The number of aryl methyl sites for hydroxylation is 1. The number of thioether (sulfide) groups is 1. The Labute approximate surface area is 176 Å². The summed E-state index contributed by atoms with van der Waals surface area (Å²) in [5.74, 6) is 0.278. The zero-order valence-electron chi connectivity index (χ0n) is 15.6. The van der Waals surface area contributed by atoms with Gasteiger partial charge in [-0.25, -0.2) is 9.98 Å². The number of nitrogens with two attached hydrogens (primary N) is 1. The molecule has 29 heavy (non-hydrogen) atoms. The van der Waals surface area contributed by atoms with E-state index in [1.807, 2.05) is 49.5 Å². The van der Waals surface area contributed by atoms with Gasteiger partial charge in [-0.15, -0.1) is 0 Å². The van der Waals surface area contributed by atoms with E-state index < -0.39 is 6.17 Å². The van der Waals surface area contributed by atoms with Gasteiger partial charge in [0.25, 0.3) is 0 Å². The second-order valence-corrected chi connectivity index (χ2v) is 7.99. The number of para-hydroxylation sites is 1. The molecule has 1 amide bonds. The van der Waals surface area contributed by atoms with Gasteiger partial charge in [-0.1, -0.05) is 41.6 Å². The van der Waals surface area contributed by atoms with Crippen LogP contribution in [0, 0.1) is 6.92 Å². The number of hydrogen-bond acceptors (Lipinski definition) is 6. The van der Waals surface area contributed by atoms with Gasteiger partial charge in [0.15, 0.2) is 17.3 Å². The zero-order chi connectivity index (χ0) is 20.4. The molecule has 5 N–H and O–H groups in total. The molecule has 7 nitrogen and oxygen atoms in total. The number of carbonyl (C=O) groups is 1. The number of nitrogens with one attached hydrogen (secondary N) is 3. The summed E-state index contributed by atoms with van der Waals surface area (Å²) in [6.45, 7) is 1.92. The van der Waals surface area contributed by atoms with Crippen LogP contribution in [-0.2, 0) is 4.79 Å². The number of hydrogen-bond donors (Lipinski definition) is 4. The number of fused-ring (bicyclic) bond motifs is 1. The highest BCUT2D eigenvalue weighted by atomic mass is 35.5. The van der Waals surface area contributed by atoms with Crippen LogP contribution in [0.2, 0.25) is 5.02 Å². The number of halogens is 1. The number of benzene rings is 2. The van der Waals surface area contributed by atoms with Crippen LogP contribution in [0.3, 0.4) is 0 Å². The molecule has 0 fully saturated rings. The van der Waals surface area contributed by atoms with Crippen molar-refractivity contribution in [1.29, 1.82) is 0 Å². The van der Waals surface area contributed by atoms with Crippen LogP contribution in [0.4, 0.5) is 5.69 Å². The Balaban J connectivity index is 1.45. The fraction of sp³-hybridized carbons (Fsp3) is 0.150. The molecule has 0 bridgehead atoms. The van der Waals surface area contributed by atoms with E-state index in [1.165, 1.54) is 11.8 Å². The molecule has 0 spiro atoms. The average Bonchev–Trinajstić information content (AvgIpc) is 3.09. The number of carbonyl (C=O) groups excluding carboxylic acids is 1. The summed E-state index contributed by atoms with van der Waals surface area (Å²) < 4.78 is 0. The Kier molecular flexibility index (Phi) is 5.46. The molecule has 148 valence electrons. The largest absolute Gasteiger partial charge is 0.370 e. The molecule has 1 atom stereocenters. The summed E-state index contributed by atoms with van der Waals surface area (Å²) in [4.78, 5) is 24.5. The Morgan fingerprint density at radius 2 is 2.10 bits per heavy atom. The summed E-state index contributed by atoms with van der Waals surface area (Å²) in [5.41, 5.74) is 9.53. The van der Waals surface area contributed by atoms with Gasteiger partial charge < -0.3 is 21.4 Å². The number of aliphatic imine (C=N–C) groups is 2. The van der Waals surface area contributed by atoms with E-state index in [1.54, 1.807) is 6.07 Å². The smallest absolute Gasteiger partial charge is 0.234 e. The van der Waals surface area contributed by atoms with Crippen molar-refractivity contribution in [3.63, 3.8) is 0 Å². The van der Waals surface area contributed by atoms with E-state index >= 15 is 0 Å². The first kappa shape index (κ1) is 19.4. The minimum Gasteiger partial charge on any atom is -0.370 e. The van der Waals surface area contributed by atoms with Gasteiger partial charge in [0, 0.05) is 33.4 Å². The summed E-state index contributed by atoms with van der Waals surface area (Å²) in [6, 6.07) is 13.3. The molecule has 3 aromatic rings. The molecule has 1 aliphatic rings. The van der Waals surface area contributed by atoms with E-state index in [2.05, 4.69) is 25.6 Å². The molecule has 0 unspecified atom stereocenters. The lowest BCUT2D eigenvalue weighted by Crippen LogP contribution is -2.39. The molecule has 2 aromatic carbocycles. The zero-order valence-corrected chi connectivity index (χ0v) is 17.1. The molecule has 4 rings (SSSR count). The van der Waals surface area contributed by atoms with E-state index in [0.717, 1.165) is 22.0 Å². The van der Waals surface area contributed by atoms with Gasteiger partial charge >= 0.3 is 0 Å². The summed E-state index contributed by atoms with van der Waals surface area (Å²) in [7, 11) is 0. The van der Waals surface area contributed by atoms with E-state index in [4.69, 9.17) is 17.3 Å². The second kappa shape index (κ2) is 8.18. The third kappa shape index (κ3) is 4.55. The van der Waals surface area contributed by atoms with Gasteiger partial charge in [-0.05, 0) is 36.8 Å². The van der Waals surface area contributed by atoms with Crippen LogP contribution in [0.1, 0.15) is 17.3 Å². The van der Waals surface area contributed by atoms with Crippen molar-refractivity contribution < 1.29 is 4.79 Å². The third-order valence-electron chi connectivity index (χ3n) is 4.30. The number of aromatic nitrogens is 1. The van der Waals surface area contributed by atoms with Crippen LogP contribution in [0.15, 0.2) is 58.6 Å². The highest BCUT2D eigenvalue weighted by molar-refractivity contribution is 8.14. The van der Waals surface area contributed by atoms with Crippen molar-refractivity contribution in [3.05, 3.63) is 64.8 Å². The van der Waals surface area contributed by atoms with Crippen LogP contribution < -0.4 is 16.4 Å². The number of nitrogens with zero attached hydrogens (tertiary/aromatic N) is 2. The molecule has 0 saturated carbocycles. The maximum atomic E-state index is 12.3. The van der Waals surface area contributed by atoms with Crippen molar-refractivity contribution in [1.82, 2.24) is 10.3 Å². The minimum absolute atomic E-state index is 0.161. The van der Waals surface area contributed by atoms with Crippen molar-refractivity contribution >= 4 is 57.0 Å². The molecule has 0 radical (unpaired) electrons. The highest BCUT2D eigenvalue weighted by Crippen LogP contribution is 2.29. The Morgan fingerprint density at radius 3 is 2.93 bits per heavy atom. The van der Waals surface area contributed by atoms with Crippen molar-refractivity contribution in [3.8, 4) is 0 Å². The quantitative estimate of drug-likeness (QED) is 0.509. The number of rotatable bonds is 4. The van der Waals surface area contributed by atoms with E-state index in [9.17, 15) is 4.79 Å². The molecular weight excluding hydrogens is 408 g/mol. The molecule has 0 aliphatic carbocycles. The lowest BCUT2D eigenvalue weighted by atomic mass is 10.1. The van der Waals surface area contributed by atoms with Crippen LogP contribution in [0.5, 0.6) is 0 Å². The van der Waals surface area contributed by atoms with E-state index in [-0.39, 0.29) is 17.6 Å². The first-order chi connectivity index (χ1) is 14.0. The summed E-state index contributed by atoms with van der Waals surface area (Å²) in [5, 5.41) is 7.93. The first-order valence-electron chi connectivity index (χ1n) is 8.92. The van der Waals surface area contributed by atoms with Gasteiger partial charge in [0.1, 0.15) is 0 Å². The monoisotopic (exact) mass is 426 g/mol. The molecule has 1 aromatic heterocycles. The average molecular weight is 427 g/mol. The number of anilines is 1. The number of guanidine groups is 1. The van der Waals surface area contributed by atoms with Crippen molar-refractivity contribution in [2.24, 2.45) is 15.7 Å². The molecule has 1 aliphatic heterocycles. The van der Waals surface area contributed by atoms with Gasteiger partial charge in [0.05, 0.1) is 5.75 Å². The topological polar surface area (TPSA) is 108 Å². The normalized spacial score (nSPS) is 16.1. The Bertz CT molecular complexity index is 1120. The highest BCUT2D eigenvalue weighted by Gasteiger charge is 2.20. The maximum absolute atomic E-state index is 12.3. The van der Waals surface area contributed by atoms with E-state index in [0.29, 0.717) is 15.9 Å². The minimum atomic E-state index is -0.464. The summed E-state index contributed by atoms with van der Waals surface area (Å²) >= 11 is 7.31. The summed E-state index contributed by atoms with van der Waals surface area (Å²) in [6.07, 6.45) is 1.42. The number of amides is 1. The van der Waals surface area contributed by atoms with Gasteiger partial charge in [-0.2, -0.15) is 0 Å². The third-order valence-corrected chi connectivity index (χ3v) is 5.41. The SMILES string of the molecule is Cc1cc(Cl)cc(NC(=O)CSC2=N[C@H](c3c[nH]c4ccccc34)N=C(N)N2)c1. The molecule has 9 heteroatoms. The lowest BCUT2D eigenvalue weighted by molar-refractivity contribution is -0.113.